The molecule has 0 radical (unpaired) electrons. The van der Waals surface area contributed by atoms with Crippen LogP contribution in [0.15, 0.2) is 24.3 Å². The van der Waals surface area contributed by atoms with Gasteiger partial charge >= 0.3 is 0 Å². The van der Waals surface area contributed by atoms with E-state index in [9.17, 15) is 0 Å². The fourth-order valence-corrected chi connectivity index (χ4v) is 11.3. The molecule has 24 heavy (non-hydrogen) atoms. The Balaban J connectivity index is 2.61. The highest BCUT2D eigenvalue weighted by atomic mass is 31.1. The third-order valence-electron chi connectivity index (χ3n) is 5.05. The maximum absolute atomic E-state index is 2.46. The van der Waals surface area contributed by atoms with E-state index in [0.29, 0.717) is 0 Å². The molecule has 1 aliphatic carbocycles. The van der Waals surface area contributed by atoms with Crippen LogP contribution >= 0.6 is 15.8 Å². The zero-order valence-corrected chi connectivity index (χ0v) is 18.7. The fraction of sp³-hybridized carbons (Fsp3) is 0.636. The summed E-state index contributed by atoms with van der Waals surface area (Å²) in [5.74, 6) is 0. The van der Waals surface area contributed by atoms with Gasteiger partial charge in [-0.2, -0.15) is 0 Å². The van der Waals surface area contributed by atoms with Crippen LogP contribution in [0.25, 0.3) is 6.08 Å². The lowest BCUT2D eigenvalue weighted by molar-refractivity contribution is 0.881. The number of fused-ring (bicyclic) bond motifs is 1. The second kappa shape index (κ2) is 8.47. The van der Waals surface area contributed by atoms with Crippen molar-refractivity contribution in [2.24, 2.45) is 0 Å². The van der Waals surface area contributed by atoms with Crippen molar-refractivity contribution in [1.29, 1.82) is 0 Å². The molecule has 0 bridgehead atoms. The molecule has 134 valence electrons. The molecule has 0 spiro atoms. The smallest absolute Gasteiger partial charge is 0.00932 e. The summed E-state index contributed by atoms with van der Waals surface area (Å²) in [4.78, 5) is 0. The standard InChI is InChI=1S/C22H36P2/c1-15(2)23(16(3)4)20-13-9-11-19-12-10-14-21(22(19)20)24(17(5)6)18(7)8/h9-13,15-18,21H,14H2,1-8H3. The van der Waals surface area contributed by atoms with Crippen LogP contribution in [0.4, 0.5) is 0 Å². The van der Waals surface area contributed by atoms with Gasteiger partial charge in [0.15, 0.2) is 0 Å². The molecule has 0 nitrogen and oxygen atoms in total. The molecule has 1 aromatic rings. The first-order valence-electron chi connectivity index (χ1n) is 9.60. The summed E-state index contributed by atoms with van der Waals surface area (Å²) in [5.41, 5.74) is 7.07. The minimum absolute atomic E-state index is 0.00383. The molecule has 0 aliphatic heterocycles. The van der Waals surface area contributed by atoms with Gasteiger partial charge in [0.25, 0.3) is 0 Å². The molecular weight excluding hydrogens is 326 g/mol. The first kappa shape index (κ1) is 20.1. The Bertz CT molecular complexity index is 553. The van der Waals surface area contributed by atoms with Crippen molar-refractivity contribution in [2.75, 3.05) is 0 Å². The number of hydrogen-bond acceptors (Lipinski definition) is 0. The van der Waals surface area contributed by atoms with E-state index in [1.54, 1.807) is 10.9 Å². The minimum atomic E-state index is -0.102. The number of rotatable bonds is 6. The second-order valence-electron chi connectivity index (χ2n) is 8.16. The summed E-state index contributed by atoms with van der Waals surface area (Å²) in [7, 11) is -0.106. The van der Waals surface area contributed by atoms with Crippen LogP contribution in [-0.2, 0) is 0 Å². The Kier molecular flexibility index (Phi) is 7.10. The van der Waals surface area contributed by atoms with Crippen LogP contribution in [0.2, 0.25) is 0 Å². The largest absolute Gasteiger partial charge is 0.0934 e. The Morgan fingerprint density at radius 2 is 1.42 bits per heavy atom. The highest BCUT2D eigenvalue weighted by Gasteiger charge is 2.34. The summed E-state index contributed by atoms with van der Waals surface area (Å²) >= 11 is 0. The average Bonchev–Trinajstić information content (AvgIpc) is 2.46. The molecule has 0 saturated carbocycles. The quantitative estimate of drug-likeness (QED) is 0.463. The van der Waals surface area contributed by atoms with Crippen LogP contribution in [0.5, 0.6) is 0 Å². The van der Waals surface area contributed by atoms with Crippen molar-refractivity contribution in [2.45, 2.75) is 90.1 Å². The van der Waals surface area contributed by atoms with Gasteiger partial charge in [-0.05, 0) is 45.5 Å². The first-order chi connectivity index (χ1) is 11.3. The Morgan fingerprint density at radius 3 is 1.92 bits per heavy atom. The van der Waals surface area contributed by atoms with E-state index in [4.69, 9.17) is 0 Å². The van der Waals surface area contributed by atoms with Gasteiger partial charge in [-0.3, -0.25) is 0 Å². The summed E-state index contributed by atoms with van der Waals surface area (Å²) in [5, 5.41) is 1.70. The van der Waals surface area contributed by atoms with Gasteiger partial charge in [-0.25, -0.2) is 0 Å². The molecule has 0 fully saturated rings. The average molecular weight is 362 g/mol. The van der Waals surface area contributed by atoms with Gasteiger partial charge in [0.1, 0.15) is 0 Å². The molecule has 0 aromatic heterocycles. The molecule has 1 aliphatic rings. The lowest BCUT2D eigenvalue weighted by Crippen LogP contribution is -2.24. The maximum atomic E-state index is 2.46. The molecule has 1 aromatic carbocycles. The van der Waals surface area contributed by atoms with Gasteiger partial charge in [-0.15, -0.1) is 0 Å². The Hall–Kier alpha value is -0.180. The number of benzene rings is 1. The summed E-state index contributed by atoms with van der Waals surface area (Å²) < 4.78 is 0. The highest BCUT2D eigenvalue weighted by Crippen LogP contribution is 2.62. The molecule has 2 rings (SSSR count). The topological polar surface area (TPSA) is 0 Å². The van der Waals surface area contributed by atoms with Crippen molar-refractivity contribution in [1.82, 2.24) is 0 Å². The summed E-state index contributed by atoms with van der Waals surface area (Å²) in [6.07, 6.45) is 6.06. The Morgan fingerprint density at radius 1 is 0.833 bits per heavy atom. The zero-order chi connectivity index (χ0) is 18.0. The van der Waals surface area contributed by atoms with E-state index in [-0.39, 0.29) is 15.8 Å². The van der Waals surface area contributed by atoms with Crippen molar-refractivity contribution in [3.8, 4) is 0 Å². The van der Waals surface area contributed by atoms with E-state index < -0.39 is 0 Å². The third kappa shape index (κ3) is 4.14. The predicted molar refractivity (Wildman–Crippen MR) is 117 cm³/mol. The molecule has 2 heteroatoms. The molecule has 0 saturated heterocycles. The second-order valence-corrected chi connectivity index (χ2v) is 15.1. The highest BCUT2D eigenvalue weighted by molar-refractivity contribution is 7.67. The van der Waals surface area contributed by atoms with Crippen molar-refractivity contribution in [3.63, 3.8) is 0 Å². The lowest BCUT2D eigenvalue weighted by Gasteiger charge is -2.39. The van der Waals surface area contributed by atoms with Gasteiger partial charge in [0.2, 0.25) is 0 Å². The van der Waals surface area contributed by atoms with E-state index in [0.717, 1.165) is 28.3 Å². The monoisotopic (exact) mass is 362 g/mol. The lowest BCUT2D eigenvalue weighted by atomic mass is 9.97. The van der Waals surface area contributed by atoms with Crippen molar-refractivity contribution in [3.05, 3.63) is 35.4 Å². The fourth-order valence-electron chi connectivity index (χ4n) is 4.49. The van der Waals surface area contributed by atoms with Crippen LogP contribution in [0.1, 0.15) is 78.6 Å². The zero-order valence-electron chi connectivity index (χ0n) is 16.9. The molecular formula is C22H36P2. The van der Waals surface area contributed by atoms with Gasteiger partial charge in [0.05, 0.1) is 0 Å². The van der Waals surface area contributed by atoms with E-state index in [1.165, 1.54) is 12.0 Å². The van der Waals surface area contributed by atoms with E-state index in [2.05, 4.69) is 85.7 Å². The molecule has 0 N–H and O–H groups in total. The molecule has 1 atom stereocenters. The van der Waals surface area contributed by atoms with Gasteiger partial charge in [-0.1, -0.05) is 102 Å². The SMILES string of the molecule is CC(C)P(c1cccc2c1C(P(C(C)C)C(C)C)CC=C2)C(C)C. The minimum Gasteiger partial charge on any atom is -0.0934 e. The summed E-state index contributed by atoms with van der Waals surface area (Å²) in [6, 6.07) is 7.11. The van der Waals surface area contributed by atoms with Crippen LogP contribution in [0.3, 0.4) is 0 Å². The Labute approximate surface area is 153 Å². The van der Waals surface area contributed by atoms with Crippen LogP contribution in [-0.4, -0.2) is 22.6 Å². The van der Waals surface area contributed by atoms with Crippen LogP contribution < -0.4 is 5.30 Å². The number of allylic oxidation sites excluding steroid dienone is 1. The third-order valence-corrected chi connectivity index (χ3v) is 11.8. The molecule has 0 heterocycles. The maximum Gasteiger partial charge on any atom is 0.00932 e. The van der Waals surface area contributed by atoms with Crippen molar-refractivity contribution < 1.29 is 0 Å². The van der Waals surface area contributed by atoms with Crippen molar-refractivity contribution >= 4 is 27.2 Å². The predicted octanol–water partition coefficient (Wildman–Crippen LogP) is 7.37. The molecule has 1 unspecified atom stereocenters. The molecule has 0 amide bonds. The van der Waals surface area contributed by atoms with E-state index >= 15 is 0 Å². The number of hydrogen-bond donors (Lipinski definition) is 0. The normalized spacial score (nSPS) is 17.8. The van der Waals surface area contributed by atoms with Crippen LogP contribution in [0, 0.1) is 0 Å². The van der Waals surface area contributed by atoms with Gasteiger partial charge in [0, 0.05) is 5.66 Å². The first-order valence-corrected chi connectivity index (χ1v) is 12.6. The van der Waals surface area contributed by atoms with E-state index in [1.807, 2.05) is 0 Å². The van der Waals surface area contributed by atoms with Gasteiger partial charge < -0.3 is 0 Å². The summed E-state index contributed by atoms with van der Waals surface area (Å²) in [6.45, 7) is 19.5.